The Labute approximate surface area is 109 Å². The molecule has 1 aromatic carbocycles. The van der Waals surface area contributed by atoms with Gasteiger partial charge in [-0.25, -0.2) is 0 Å². The Morgan fingerprint density at radius 1 is 1.33 bits per heavy atom. The van der Waals surface area contributed by atoms with Gasteiger partial charge in [-0.2, -0.15) is 0 Å². The first kappa shape index (κ1) is 11.8. The van der Waals surface area contributed by atoms with Crippen molar-refractivity contribution in [2.24, 2.45) is 0 Å². The van der Waals surface area contributed by atoms with Gasteiger partial charge in [0.15, 0.2) is 0 Å². The second-order valence-corrected chi connectivity index (χ2v) is 5.35. The highest BCUT2D eigenvalue weighted by atomic mass is 15.0. The molecular weight excluding hydrogens is 220 g/mol. The summed E-state index contributed by atoms with van der Waals surface area (Å²) in [7, 11) is 2.03. The van der Waals surface area contributed by atoms with Gasteiger partial charge in [-0.15, -0.1) is 0 Å². The average molecular weight is 242 g/mol. The third kappa shape index (κ3) is 1.76. The number of para-hydroxylation sites is 1. The zero-order valence-corrected chi connectivity index (χ0v) is 11.4. The quantitative estimate of drug-likeness (QED) is 0.815. The van der Waals surface area contributed by atoms with Gasteiger partial charge in [-0.3, -0.25) is 0 Å². The van der Waals surface area contributed by atoms with Crippen LogP contribution >= 0.6 is 0 Å². The van der Waals surface area contributed by atoms with Crippen LogP contribution in [0.25, 0.3) is 10.9 Å². The maximum absolute atomic E-state index is 3.24. The van der Waals surface area contributed by atoms with E-state index in [9.17, 15) is 0 Å². The van der Waals surface area contributed by atoms with Gasteiger partial charge < -0.3 is 9.88 Å². The van der Waals surface area contributed by atoms with Gasteiger partial charge in [0.2, 0.25) is 0 Å². The van der Waals surface area contributed by atoms with Crippen molar-refractivity contribution in [1.82, 2.24) is 9.88 Å². The van der Waals surface area contributed by atoms with Crippen molar-refractivity contribution in [1.29, 1.82) is 0 Å². The normalized spacial score (nSPS) is 14.3. The van der Waals surface area contributed by atoms with Crippen LogP contribution in [0.2, 0.25) is 0 Å². The van der Waals surface area contributed by atoms with Gasteiger partial charge in [0.05, 0.1) is 5.52 Å². The standard InChI is InChI=1S/C16H22N2/c1-12-14-8-3-6-13-7-5-11-18(16(13)14)15(12)9-4-10-17-2/h3,6,8,17H,4-5,7,9-11H2,1-2H3. The van der Waals surface area contributed by atoms with Crippen molar-refractivity contribution in [3.8, 4) is 0 Å². The van der Waals surface area contributed by atoms with Crippen molar-refractivity contribution in [3.63, 3.8) is 0 Å². The van der Waals surface area contributed by atoms with Gasteiger partial charge in [0.1, 0.15) is 0 Å². The number of rotatable bonds is 4. The number of hydrogen-bond acceptors (Lipinski definition) is 1. The summed E-state index contributed by atoms with van der Waals surface area (Å²) in [6, 6.07) is 6.81. The Balaban J connectivity index is 2.09. The van der Waals surface area contributed by atoms with Gasteiger partial charge in [0.25, 0.3) is 0 Å². The summed E-state index contributed by atoms with van der Waals surface area (Å²) in [6.07, 6.45) is 4.96. The number of nitrogens with zero attached hydrogens (tertiary/aromatic N) is 1. The lowest BCUT2D eigenvalue weighted by Crippen LogP contribution is -2.13. The molecule has 3 rings (SSSR count). The van der Waals surface area contributed by atoms with Crippen LogP contribution in [-0.4, -0.2) is 18.2 Å². The second-order valence-electron chi connectivity index (χ2n) is 5.35. The maximum atomic E-state index is 3.24. The van der Waals surface area contributed by atoms with Crippen LogP contribution in [0.5, 0.6) is 0 Å². The smallest absolute Gasteiger partial charge is 0.0517 e. The Bertz CT molecular complexity index is 566. The molecule has 0 bridgehead atoms. The molecule has 0 atom stereocenters. The van der Waals surface area contributed by atoms with E-state index >= 15 is 0 Å². The predicted molar refractivity (Wildman–Crippen MR) is 77.2 cm³/mol. The first-order valence-corrected chi connectivity index (χ1v) is 7.07. The van der Waals surface area contributed by atoms with Crippen molar-refractivity contribution in [2.75, 3.05) is 13.6 Å². The fraction of sp³-hybridized carbons (Fsp3) is 0.500. The van der Waals surface area contributed by atoms with Gasteiger partial charge in [-0.1, -0.05) is 18.2 Å². The van der Waals surface area contributed by atoms with E-state index in [1.54, 1.807) is 11.3 Å². The van der Waals surface area contributed by atoms with Crippen molar-refractivity contribution in [2.45, 2.75) is 39.2 Å². The molecule has 2 nitrogen and oxygen atoms in total. The second kappa shape index (κ2) is 4.77. The zero-order chi connectivity index (χ0) is 12.5. The zero-order valence-electron chi connectivity index (χ0n) is 11.4. The lowest BCUT2D eigenvalue weighted by Gasteiger charge is -2.18. The van der Waals surface area contributed by atoms with E-state index in [0.717, 1.165) is 6.54 Å². The third-order valence-electron chi connectivity index (χ3n) is 4.22. The van der Waals surface area contributed by atoms with Gasteiger partial charge >= 0.3 is 0 Å². The van der Waals surface area contributed by atoms with Crippen LogP contribution in [0, 0.1) is 6.92 Å². The summed E-state index contributed by atoms with van der Waals surface area (Å²) in [5, 5.41) is 4.72. The molecule has 96 valence electrons. The molecule has 1 aromatic heterocycles. The molecule has 2 heteroatoms. The van der Waals surface area contributed by atoms with E-state index in [1.807, 2.05) is 7.05 Å². The van der Waals surface area contributed by atoms with Crippen LogP contribution in [0.3, 0.4) is 0 Å². The highest BCUT2D eigenvalue weighted by molar-refractivity contribution is 5.88. The summed E-state index contributed by atoms with van der Waals surface area (Å²) < 4.78 is 2.58. The molecule has 0 unspecified atom stereocenters. The Hall–Kier alpha value is -1.28. The number of hydrogen-bond donors (Lipinski definition) is 1. The van der Waals surface area contributed by atoms with Crippen LogP contribution < -0.4 is 5.32 Å². The lowest BCUT2D eigenvalue weighted by molar-refractivity contribution is 0.597. The monoisotopic (exact) mass is 242 g/mol. The minimum atomic E-state index is 1.10. The molecular formula is C16H22N2. The molecule has 0 aliphatic carbocycles. The summed E-state index contributed by atoms with van der Waals surface area (Å²) in [5.41, 5.74) is 6.12. The first-order valence-electron chi connectivity index (χ1n) is 7.07. The predicted octanol–water partition coefficient (Wildman–Crippen LogP) is 3.05. The Morgan fingerprint density at radius 2 is 2.22 bits per heavy atom. The fourth-order valence-electron chi connectivity index (χ4n) is 3.34. The third-order valence-corrected chi connectivity index (χ3v) is 4.22. The lowest BCUT2D eigenvalue weighted by atomic mass is 10.0. The molecule has 1 aliphatic rings. The fourth-order valence-corrected chi connectivity index (χ4v) is 3.34. The largest absolute Gasteiger partial charge is 0.344 e. The van der Waals surface area contributed by atoms with E-state index in [4.69, 9.17) is 0 Å². The van der Waals surface area contributed by atoms with Gasteiger partial charge in [-0.05, 0) is 57.3 Å². The van der Waals surface area contributed by atoms with Gasteiger partial charge in [0, 0.05) is 17.6 Å². The Kier molecular flexibility index (Phi) is 3.13. The summed E-state index contributed by atoms with van der Waals surface area (Å²) in [5.74, 6) is 0. The molecule has 0 fully saturated rings. The molecule has 1 N–H and O–H groups in total. The number of aryl methyl sites for hydroxylation is 3. The average Bonchev–Trinajstić information content (AvgIpc) is 2.67. The molecule has 0 spiro atoms. The highest BCUT2D eigenvalue weighted by Crippen LogP contribution is 2.32. The SMILES string of the molecule is CNCCCc1c(C)c2cccc3c2n1CCC3. The topological polar surface area (TPSA) is 17.0 Å². The molecule has 18 heavy (non-hydrogen) atoms. The summed E-state index contributed by atoms with van der Waals surface area (Å²) in [6.45, 7) is 4.60. The minimum Gasteiger partial charge on any atom is -0.344 e. The van der Waals surface area contributed by atoms with Crippen LogP contribution in [0.15, 0.2) is 18.2 Å². The summed E-state index contributed by atoms with van der Waals surface area (Å²) >= 11 is 0. The van der Waals surface area contributed by atoms with Crippen LogP contribution in [0.1, 0.15) is 29.7 Å². The first-order chi connectivity index (χ1) is 8.83. The summed E-state index contributed by atoms with van der Waals surface area (Å²) in [4.78, 5) is 0. The van der Waals surface area contributed by atoms with Crippen molar-refractivity contribution >= 4 is 10.9 Å². The van der Waals surface area contributed by atoms with Crippen molar-refractivity contribution in [3.05, 3.63) is 35.0 Å². The molecule has 1 aliphatic heterocycles. The van der Waals surface area contributed by atoms with E-state index in [0.29, 0.717) is 0 Å². The van der Waals surface area contributed by atoms with Crippen LogP contribution in [0.4, 0.5) is 0 Å². The van der Waals surface area contributed by atoms with E-state index in [-0.39, 0.29) is 0 Å². The number of nitrogens with one attached hydrogen (secondary N) is 1. The molecule has 0 amide bonds. The maximum Gasteiger partial charge on any atom is 0.0517 e. The minimum absolute atomic E-state index is 1.10. The van der Waals surface area contributed by atoms with Crippen molar-refractivity contribution < 1.29 is 0 Å². The molecule has 0 saturated heterocycles. The van der Waals surface area contributed by atoms with E-state index < -0.39 is 0 Å². The van der Waals surface area contributed by atoms with Crippen LogP contribution in [-0.2, 0) is 19.4 Å². The van der Waals surface area contributed by atoms with E-state index in [1.165, 1.54) is 48.7 Å². The van der Waals surface area contributed by atoms with E-state index in [2.05, 4.69) is 35.0 Å². The Morgan fingerprint density at radius 3 is 3.06 bits per heavy atom. The molecule has 2 aromatic rings. The molecule has 0 saturated carbocycles. The number of aromatic nitrogens is 1. The number of benzene rings is 1. The molecule has 2 heterocycles. The molecule has 0 radical (unpaired) electrons. The highest BCUT2D eigenvalue weighted by Gasteiger charge is 2.18.